The number of hydrogen-bond acceptors (Lipinski definition) is 3. The quantitative estimate of drug-likeness (QED) is 0.594. The van der Waals surface area contributed by atoms with Crippen LogP contribution in [0.5, 0.6) is 0 Å². The standard InChI is InChI=1S/C10H23NO2S/c1-4-13-9-5-7-11-8-6-10(2)14(3)12/h10-11H,4-9H2,1-3H3. The summed E-state index contributed by atoms with van der Waals surface area (Å²) >= 11 is 0. The van der Waals surface area contributed by atoms with Crippen molar-refractivity contribution in [1.29, 1.82) is 0 Å². The number of ether oxygens (including phenoxy) is 1. The van der Waals surface area contributed by atoms with Gasteiger partial charge in [-0.3, -0.25) is 4.21 Å². The molecule has 0 bridgehead atoms. The van der Waals surface area contributed by atoms with Gasteiger partial charge in [0.15, 0.2) is 0 Å². The maximum atomic E-state index is 11.0. The fourth-order valence-electron chi connectivity index (χ4n) is 1.04. The van der Waals surface area contributed by atoms with Crippen molar-refractivity contribution >= 4 is 10.8 Å². The summed E-state index contributed by atoms with van der Waals surface area (Å²) in [5.74, 6) is 0. The van der Waals surface area contributed by atoms with Gasteiger partial charge in [-0.25, -0.2) is 0 Å². The molecule has 2 atom stereocenters. The fraction of sp³-hybridized carbons (Fsp3) is 1.00. The van der Waals surface area contributed by atoms with Crippen LogP contribution in [0.15, 0.2) is 0 Å². The highest BCUT2D eigenvalue weighted by Gasteiger charge is 2.04. The van der Waals surface area contributed by atoms with Gasteiger partial charge >= 0.3 is 0 Å². The maximum absolute atomic E-state index is 11.0. The maximum Gasteiger partial charge on any atom is 0.0477 e. The molecule has 0 saturated carbocycles. The summed E-state index contributed by atoms with van der Waals surface area (Å²) in [6.07, 6.45) is 3.80. The van der Waals surface area contributed by atoms with Gasteiger partial charge in [-0.1, -0.05) is 6.92 Å². The number of nitrogens with one attached hydrogen (secondary N) is 1. The Morgan fingerprint density at radius 2 is 2.14 bits per heavy atom. The van der Waals surface area contributed by atoms with Gasteiger partial charge in [0.2, 0.25) is 0 Å². The number of hydrogen-bond donors (Lipinski definition) is 1. The summed E-state index contributed by atoms with van der Waals surface area (Å²) in [6, 6.07) is 0. The average Bonchev–Trinajstić information content (AvgIpc) is 2.16. The van der Waals surface area contributed by atoms with E-state index in [-0.39, 0.29) is 0 Å². The highest BCUT2D eigenvalue weighted by Crippen LogP contribution is 1.96. The minimum atomic E-state index is -0.685. The molecule has 0 aliphatic heterocycles. The molecule has 0 spiro atoms. The van der Waals surface area contributed by atoms with E-state index in [9.17, 15) is 4.21 Å². The van der Waals surface area contributed by atoms with Crippen LogP contribution >= 0.6 is 0 Å². The lowest BCUT2D eigenvalue weighted by molar-refractivity contribution is 0.145. The van der Waals surface area contributed by atoms with Gasteiger partial charge in [-0.15, -0.1) is 0 Å². The minimum Gasteiger partial charge on any atom is -0.382 e. The van der Waals surface area contributed by atoms with Crippen molar-refractivity contribution in [2.75, 3.05) is 32.6 Å². The van der Waals surface area contributed by atoms with Gasteiger partial charge in [0.25, 0.3) is 0 Å². The summed E-state index contributed by atoms with van der Waals surface area (Å²) in [4.78, 5) is 0. The third-order valence-corrected chi connectivity index (χ3v) is 3.51. The van der Waals surface area contributed by atoms with E-state index in [4.69, 9.17) is 4.74 Å². The first-order chi connectivity index (χ1) is 6.68. The Kier molecular flexibility index (Phi) is 9.67. The van der Waals surface area contributed by atoms with Crippen LogP contribution in [-0.2, 0) is 15.5 Å². The number of rotatable bonds is 9. The molecule has 4 heteroatoms. The first-order valence-corrected chi connectivity index (χ1v) is 6.91. The molecular weight excluding hydrogens is 198 g/mol. The molecule has 1 N–H and O–H groups in total. The zero-order chi connectivity index (χ0) is 10.8. The lowest BCUT2D eigenvalue weighted by Crippen LogP contribution is -2.22. The lowest BCUT2D eigenvalue weighted by Gasteiger charge is -2.08. The monoisotopic (exact) mass is 221 g/mol. The van der Waals surface area contributed by atoms with Crippen LogP contribution in [0.1, 0.15) is 26.7 Å². The van der Waals surface area contributed by atoms with Crippen molar-refractivity contribution in [3.63, 3.8) is 0 Å². The van der Waals surface area contributed by atoms with Gasteiger partial charge in [-0.2, -0.15) is 0 Å². The van der Waals surface area contributed by atoms with Crippen LogP contribution in [-0.4, -0.2) is 42.0 Å². The van der Waals surface area contributed by atoms with Crippen molar-refractivity contribution < 1.29 is 8.95 Å². The SMILES string of the molecule is CCOCCCNCCC(C)S(C)=O. The van der Waals surface area contributed by atoms with E-state index in [1.807, 2.05) is 13.8 Å². The van der Waals surface area contributed by atoms with Crippen molar-refractivity contribution in [3.05, 3.63) is 0 Å². The van der Waals surface area contributed by atoms with Gasteiger partial charge < -0.3 is 10.1 Å². The molecule has 0 fully saturated rings. The van der Waals surface area contributed by atoms with Crippen LogP contribution in [0.3, 0.4) is 0 Å². The Balaban J connectivity index is 3.09. The van der Waals surface area contributed by atoms with E-state index < -0.39 is 10.8 Å². The second-order valence-corrected chi connectivity index (χ2v) is 5.20. The molecule has 2 unspecified atom stereocenters. The summed E-state index contributed by atoms with van der Waals surface area (Å²) in [5.41, 5.74) is 0. The van der Waals surface area contributed by atoms with E-state index in [1.54, 1.807) is 6.26 Å². The van der Waals surface area contributed by atoms with E-state index in [1.165, 1.54) is 0 Å². The summed E-state index contributed by atoms with van der Waals surface area (Å²) < 4.78 is 16.2. The van der Waals surface area contributed by atoms with E-state index in [0.29, 0.717) is 5.25 Å². The van der Waals surface area contributed by atoms with Gasteiger partial charge in [-0.05, 0) is 32.9 Å². The van der Waals surface area contributed by atoms with E-state index in [0.717, 1.165) is 39.1 Å². The van der Waals surface area contributed by atoms with Crippen molar-refractivity contribution in [2.45, 2.75) is 31.9 Å². The average molecular weight is 221 g/mol. The lowest BCUT2D eigenvalue weighted by atomic mass is 10.3. The second kappa shape index (κ2) is 9.62. The molecule has 0 aromatic rings. The largest absolute Gasteiger partial charge is 0.382 e. The first kappa shape index (κ1) is 14.1. The Labute approximate surface area is 90.1 Å². The van der Waals surface area contributed by atoms with Crippen LogP contribution in [0.2, 0.25) is 0 Å². The van der Waals surface area contributed by atoms with Crippen molar-refractivity contribution in [2.24, 2.45) is 0 Å². The van der Waals surface area contributed by atoms with Crippen LogP contribution in [0.25, 0.3) is 0 Å². The van der Waals surface area contributed by atoms with Crippen LogP contribution in [0.4, 0.5) is 0 Å². The summed E-state index contributed by atoms with van der Waals surface area (Å²) in [6.45, 7) is 7.60. The molecule has 14 heavy (non-hydrogen) atoms. The molecular formula is C10H23NO2S. The molecule has 0 aliphatic rings. The molecule has 86 valence electrons. The molecule has 0 saturated heterocycles. The predicted molar refractivity (Wildman–Crippen MR) is 62.1 cm³/mol. The van der Waals surface area contributed by atoms with Gasteiger partial charge in [0, 0.05) is 35.5 Å². The third kappa shape index (κ3) is 8.66. The highest BCUT2D eigenvalue weighted by molar-refractivity contribution is 7.84. The smallest absolute Gasteiger partial charge is 0.0477 e. The Morgan fingerprint density at radius 3 is 2.71 bits per heavy atom. The van der Waals surface area contributed by atoms with Crippen molar-refractivity contribution in [3.8, 4) is 0 Å². The van der Waals surface area contributed by atoms with Crippen molar-refractivity contribution in [1.82, 2.24) is 5.32 Å². The first-order valence-electron chi connectivity index (χ1n) is 5.29. The molecule has 0 aliphatic carbocycles. The fourth-order valence-corrected chi connectivity index (χ4v) is 1.49. The van der Waals surface area contributed by atoms with Crippen LogP contribution in [0, 0.1) is 0 Å². The zero-order valence-corrected chi connectivity index (χ0v) is 10.4. The molecule has 0 heterocycles. The molecule has 0 aromatic heterocycles. The van der Waals surface area contributed by atoms with Gasteiger partial charge in [0.05, 0.1) is 0 Å². The summed E-state index contributed by atoms with van der Waals surface area (Å²) in [7, 11) is -0.685. The Morgan fingerprint density at radius 1 is 1.43 bits per heavy atom. The molecule has 0 amide bonds. The Hall–Kier alpha value is 0.0700. The molecule has 3 nitrogen and oxygen atoms in total. The van der Waals surface area contributed by atoms with Crippen LogP contribution < -0.4 is 5.32 Å². The zero-order valence-electron chi connectivity index (χ0n) is 9.54. The second-order valence-electron chi connectivity index (χ2n) is 3.40. The topological polar surface area (TPSA) is 38.3 Å². The highest BCUT2D eigenvalue weighted by atomic mass is 32.2. The molecule has 0 aromatic carbocycles. The predicted octanol–water partition coefficient (Wildman–Crippen LogP) is 1.16. The molecule has 0 rings (SSSR count). The summed E-state index contributed by atoms with van der Waals surface area (Å²) in [5, 5.41) is 3.62. The molecule has 0 radical (unpaired) electrons. The van der Waals surface area contributed by atoms with E-state index in [2.05, 4.69) is 5.32 Å². The Bertz CT molecular complexity index is 153. The third-order valence-electron chi connectivity index (χ3n) is 2.14. The van der Waals surface area contributed by atoms with Gasteiger partial charge in [0.1, 0.15) is 0 Å². The van der Waals surface area contributed by atoms with E-state index >= 15 is 0 Å². The normalized spacial score (nSPS) is 15.4. The minimum absolute atomic E-state index is 0.300.